The molecule has 2 N–H and O–H groups in total. The number of carbonyl (C=O) groups is 3. The van der Waals surface area contributed by atoms with Gasteiger partial charge in [0.05, 0.1) is 0 Å². The van der Waals surface area contributed by atoms with E-state index in [1.807, 2.05) is 0 Å². The van der Waals surface area contributed by atoms with E-state index in [0.29, 0.717) is 5.69 Å². The molecule has 158 valence electrons. The van der Waals surface area contributed by atoms with Crippen LogP contribution in [0.5, 0.6) is 0 Å². The number of nitrogens with one attached hydrogen (secondary N) is 2. The fourth-order valence-corrected chi connectivity index (χ4v) is 2.25. The van der Waals surface area contributed by atoms with E-state index in [-0.39, 0.29) is 6.42 Å². The molecular formula is C22H30N2O5. The minimum atomic E-state index is -0.921. The number of amides is 2. The van der Waals surface area contributed by atoms with Crippen molar-refractivity contribution in [2.24, 2.45) is 0 Å². The van der Waals surface area contributed by atoms with Crippen LogP contribution in [0.4, 0.5) is 10.5 Å². The van der Waals surface area contributed by atoms with Gasteiger partial charge < -0.3 is 20.1 Å². The number of hydrogen-bond donors (Lipinski definition) is 2. The van der Waals surface area contributed by atoms with E-state index in [9.17, 15) is 14.4 Å². The standard InChI is InChI=1S/C22H30N2O5/c1-8-9-18(25)23-16-12-10-15(11-13-16)14-17(19(26)28-21(2,3)4)24-20(27)29-22(5,6)7/h10-13,17H,14H2,1-7H3,(H,23,25)(H,24,27)/t17-/m0/s1. The fourth-order valence-electron chi connectivity index (χ4n) is 2.25. The highest BCUT2D eigenvalue weighted by atomic mass is 16.6. The van der Waals surface area contributed by atoms with Crippen LogP contribution in [0.2, 0.25) is 0 Å². The number of hydrogen-bond acceptors (Lipinski definition) is 5. The summed E-state index contributed by atoms with van der Waals surface area (Å²) in [4.78, 5) is 36.3. The molecule has 2 amide bonds. The monoisotopic (exact) mass is 402 g/mol. The number of alkyl carbamates (subject to hydrolysis) is 1. The molecule has 0 saturated carbocycles. The molecule has 29 heavy (non-hydrogen) atoms. The normalized spacial score (nSPS) is 12.1. The van der Waals surface area contributed by atoms with Crippen molar-refractivity contribution in [2.75, 3.05) is 5.32 Å². The summed E-state index contributed by atoms with van der Waals surface area (Å²) in [7, 11) is 0. The predicted molar refractivity (Wildman–Crippen MR) is 111 cm³/mol. The average molecular weight is 402 g/mol. The van der Waals surface area contributed by atoms with Gasteiger partial charge in [-0.05, 0) is 72.1 Å². The second-order valence-corrected chi connectivity index (χ2v) is 8.46. The second-order valence-electron chi connectivity index (χ2n) is 8.46. The Kier molecular flexibility index (Phi) is 8.26. The van der Waals surface area contributed by atoms with Gasteiger partial charge in [0.2, 0.25) is 0 Å². The average Bonchev–Trinajstić information content (AvgIpc) is 2.52. The fraction of sp³-hybridized carbons (Fsp3) is 0.500. The number of carbonyl (C=O) groups excluding carboxylic acids is 3. The number of rotatable bonds is 5. The smallest absolute Gasteiger partial charge is 0.408 e. The van der Waals surface area contributed by atoms with Crippen LogP contribution in [0, 0.1) is 11.8 Å². The third-order valence-corrected chi connectivity index (χ3v) is 3.27. The Hall–Kier alpha value is -3.01. The highest BCUT2D eigenvalue weighted by Crippen LogP contribution is 2.15. The molecule has 0 heterocycles. The van der Waals surface area contributed by atoms with Gasteiger partial charge in [-0.2, -0.15) is 0 Å². The van der Waals surface area contributed by atoms with Crippen LogP contribution in [0.25, 0.3) is 0 Å². The van der Waals surface area contributed by atoms with E-state index in [4.69, 9.17) is 9.47 Å². The van der Waals surface area contributed by atoms with E-state index in [0.717, 1.165) is 5.56 Å². The van der Waals surface area contributed by atoms with Gasteiger partial charge in [-0.3, -0.25) is 4.79 Å². The molecule has 1 aromatic rings. The lowest BCUT2D eigenvalue weighted by Gasteiger charge is -2.26. The van der Waals surface area contributed by atoms with Gasteiger partial charge >= 0.3 is 12.1 Å². The summed E-state index contributed by atoms with van der Waals surface area (Å²) >= 11 is 0. The van der Waals surface area contributed by atoms with Crippen LogP contribution in [-0.4, -0.2) is 35.2 Å². The van der Waals surface area contributed by atoms with Crippen LogP contribution < -0.4 is 10.6 Å². The lowest BCUT2D eigenvalue weighted by molar-refractivity contribution is -0.157. The Morgan fingerprint density at radius 3 is 2.00 bits per heavy atom. The first-order chi connectivity index (χ1) is 13.3. The molecule has 0 fully saturated rings. The Labute approximate surface area is 172 Å². The number of benzene rings is 1. The molecule has 0 aliphatic heterocycles. The third-order valence-electron chi connectivity index (χ3n) is 3.27. The zero-order chi connectivity index (χ0) is 22.2. The molecule has 0 bridgehead atoms. The number of esters is 1. The lowest BCUT2D eigenvalue weighted by Crippen LogP contribution is -2.47. The van der Waals surface area contributed by atoms with Crippen LogP contribution in [0.15, 0.2) is 24.3 Å². The Morgan fingerprint density at radius 2 is 1.52 bits per heavy atom. The van der Waals surface area contributed by atoms with Crippen molar-refractivity contribution in [3.63, 3.8) is 0 Å². The van der Waals surface area contributed by atoms with Gasteiger partial charge in [0.1, 0.15) is 17.2 Å². The van der Waals surface area contributed by atoms with Gasteiger partial charge in [0.15, 0.2) is 0 Å². The predicted octanol–water partition coefficient (Wildman–Crippen LogP) is 3.43. The summed E-state index contributed by atoms with van der Waals surface area (Å²) in [5.74, 6) is 3.96. The first-order valence-electron chi connectivity index (χ1n) is 9.34. The highest BCUT2D eigenvalue weighted by Gasteiger charge is 2.28. The number of ether oxygens (including phenoxy) is 2. The quantitative estimate of drug-likeness (QED) is 0.581. The van der Waals surface area contributed by atoms with Crippen LogP contribution in [-0.2, 0) is 25.5 Å². The van der Waals surface area contributed by atoms with E-state index >= 15 is 0 Å². The zero-order valence-electron chi connectivity index (χ0n) is 18.1. The summed E-state index contributed by atoms with van der Waals surface area (Å²) < 4.78 is 10.7. The van der Waals surface area contributed by atoms with Gasteiger partial charge in [-0.15, -0.1) is 0 Å². The van der Waals surface area contributed by atoms with Crippen molar-refractivity contribution in [3.8, 4) is 11.8 Å². The maximum atomic E-state index is 12.6. The maximum Gasteiger partial charge on any atom is 0.408 e. The van der Waals surface area contributed by atoms with Gasteiger partial charge in [0, 0.05) is 12.1 Å². The molecule has 0 radical (unpaired) electrons. The van der Waals surface area contributed by atoms with Crippen LogP contribution >= 0.6 is 0 Å². The van der Waals surface area contributed by atoms with Crippen LogP contribution in [0.3, 0.4) is 0 Å². The lowest BCUT2D eigenvalue weighted by atomic mass is 10.0. The van der Waals surface area contributed by atoms with E-state index in [1.54, 1.807) is 72.7 Å². The molecule has 7 nitrogen and oxygen atoms in total. The molecule has 0 aliphatic rings. The minimum Gasteiger partial charge on any atom is -0.458 e. The summed E-state index contributed by atoms with van der Waals surface area (Å²) in [6, 6.07) is 5.98. The Morgan fingerprint density at radius 1 is 0.966 bits per heavy atom. The molecule has 0 saturated heterocycles. The van der Waals surface area contributed by atoms with Crippen molar-refractivity contribution >= 4 is 23.7 Å². The minimum absolute atomic E-state index is 0.206. The molecule has 0 aliphatic carbocycles. The first-order valence-corrected chi connectivity index (χ1v) is 9.34. The van der Waals surface area contributed by atoms with E-state index in [1.165, 1.54) is 0 Å². The summed E-state index contributed by atoms with van der Waals surface area (Å²) in [5, 5.41) is 5.23. The van der Waals surface area contributed by atoms with Crippen molar-refractivity contribution in [2.45, 2.75) is 72.1 Å². The van der Waals surface area contributed by atoms with Crippen LogP contribution in [0.1, 0.15) is 54.0 Å². The van der Waals surface area contributed by atoms with E-state index in [2.05, 4.69) is 22.5 Å². The SMILES string of the molecule is CC#CC(=O)Nc1ccc(C[C@H](NC(=O)OC(C)(C)C)C(=O)OC(C)(C)C)cc1. The van der Waals surface area contributed by atoms with Crippen molar-refractivity contribution in [3.05, 3.63) is 29.8 Å². The van der Waals surface area contributed by atoms with Gasteiger partial charge in [-0.1, -0.05) is 18.1 Å². The third kappa shape index (κ3) is 10.2. The molecular weight excluding hydrogens is 372 g/mol. The topological polar surface area (TPSA) is 93.7 Å². The molecule has 7 heteroatoms. The van der Waals surface area contributed by atoms with Crippen molar-refractivity contribution < 1.29 is 23.9 Å². The summed E-state index contributed by atoms with van der Waals surface area (Å²) in [5.41, 5.74) is -0.0321. The molecule has 1 rings (SSSR count). The summed E-state index contributed by atoms with van der Waals surface area (Å²) in [6.07, 6.45) is -0.493. The second kappa shape index (κ2) is 9.97. The first kappa shape index (κ1) is 24.0. The largest absolute Gasteiger partial charge is 0.458 e. The maximum absolute atomic E-state index is 12.6. The Balaban J connectivity index is 2.92. The van der Waals surface area contributed by atoms with Gasteiger partial charge in [-0.25, -0.2) is 9.59 Å². The molecule has 0 aromatic heterocycles. The molecule has 1 aromatic carbocycles. The summed E-state index contributed by atoms with van der Waals surface area (Å²) in [6.45, 7) is 12.1. The zero-order valence-corrected chi connectivity index (χ0v) is 18.1. The highest BCUT2D eigenvalue weighted by molar-refractivity contribution is 6.03. The molecule has 0 spiro atoms. The van der Waals surface area contributed by atoms with E-state index < -0.39 is 35.2 Å². The molecule has 0 unspecified atom stereocenters. The molecule has 1 atom stereocenters. The van der Waals surface area contributed by atoms with Crippen molar-refractivity contribution in [1.29, 1.82) is 0 Å². The Bertz CT molecular complexity index is 790. The van der Waals surface area contributed by atoms with Gasteiger partial charge in [0.25, 0.3) is 5.91 Å². The number of anilines is 1. The van der Waals surface area contributed by atoms with Crippen molar-refractivity contribution in [1.82, 2.24) is 5.32 Å².